The Hall–Kier alpha value is -1.82. The minimum absolute atomic E-state index is 0.168. The van der Waals surface area contributed by atoms with Gasteiger partial charge in [0.1, 0.15) is 0 Å². The second kappa shape index (κ2) is 5.68. The first kappa shape index (κ1) is 12.6. The van der Waals surface area contributed by atoms with Gasteiger partial charge in [0.2, 0.25) is 11.8 Å². The van der Waals surface area contributed by atoms with Crippen molar-refractivity contribution in [3.8, 4) is 0 Å². The van der Waals surface area contributed by atoms with Crippen molar-refractivity contribution in [2.45, 2.75) is 6.92 Å². The quantitative estimate of drug-likeness (QED) is 0.911. The standard InChI is InChI=1S/C12H12BrN3O2/c1-8-6-12(18-16-8)15-11(17)7-14-10-4-2-9(13)3-5-10/h2-6,14H,7H2,1H3,(H,15,17). The highest BCUT2D eigenvalue weighted by atomic mass is 79.9. The lowest BCUT2D eigenvalue weighted by Gasteiger charge is -2.05. The Labute approximate surface area is 113 Å². The summed E-state index contributed by atoms with van der Waals surface area (Å²) in [7, 11) is 0. The van der Waals surface area contributed by atoms with Gasteiger partial charge >= 0.3 is 0 Å². The molecule has 0 radical (unpaired) electrons. The van der Waals surface area contributed by atoms with E-state index >= 15 is 0 Å². The van der Waals surface area contributed by atoms with Crippen molar-refractivity contribution in [3.05, 3.63) is 40.5 Å². The van der Waals surface area contributed by atoms with E-state index in [0.29, 0.717) is 5.88 Å². The van der Waals surface area contributed by atoms with Crippen LogP contribution >= 0.6 is 15.9 Å². The zero-order valence-electron chi connectivity index (χ0n) is 9.74. The van der Waals surface area contributed by atoms with Crippen molar-refractivity contribution in [2.75, 3.05) is 17.2 Å². The number of hydrogen-bond donors (Lipinski definition) is 2. The number of anilines is 2. The van der Waals surface area contributed by atoms with Crippen molar-refractivity contribution < 1.29 is 9.32 Å². The number of nitrogens with one attached hydrogen (secondary N) is 2. The molecule has 0 saturated carbocycles. The van der Waals surface area contributed by atoms with E-state index in [-0.39, 0.29) is 12.5 Å². The van der Waals surface area contributed by atoms with E-state index in [0.717, 1.165) is 15.9 Å². The first-order valence-corrected chi connectivity index (χ1v) is 6.15. The van der Waals surface area contributed by atoms with Crippen LogP contribution in [0.25, 0.3) is 0 Å². The molecular weight excluding hydrogens is 298 g/mol. The van der Waals surface area contributed by atoms with Gasteiger partial charge in [-0.1, -0.05) is 21.1 Å². The molecule has 18 heavy (non-hydrogen) atoms. The van der Waals surface area contributed by atoms with E-state index in [1.165, 1.54) is 0 Å². The topological polar surface area (TPSA) is 67.2 Å². The highest BCUT2D eigenvalue weighted by molar-refractivity contribution is 9.10. The van der Waals surface area contributed by atoms with Crippen LogP contribution in [0.4, 0.5) is 11.6 Å². The molecule has 1 heterocycles. The van der Waals surface area contributed by atoms with Crippen LogP contribution in [0.3, 0.4) is 0 Å². The van der Waals surface area contributed by atoms with Gasteiger partial charge < -0.3 is 9.84 Å². The number of nitrogens with zero attached hydrogens (tertiary/aromatic N) is 1. The summed E-state index contributed by atoms with van der Waals surface area (Å²) in [5.41, 5.74) is 1.60. The summed E-state index contributed by atoms with van der Waals surface area (Å²) >= 11 is 3.35. The van der Waals surface area contributed by atoms with Crippen LogP contribution in [-0.4, -0.2) is 17.6 Å². The van der Waals surface area contributed by atoms with E-state index in [2.05, 4.69) is 31.7 Å². The van der Waals surface area contributed by atoms with Gasteiger partial charge in [-0.2, -0.15) is 0 Å². The molecule has 0 fully saturated rings. The maximum Gasteiger partial charge on any atom is 0.246 e. The molecule has 6 heteroatoms. The minimum atomic E-state index is -0.186. The summed E-state index contributed by atoms with van der Waals surface area (Å²) in [6, 6.07) is 9.24. The Morgan fingerprint density at radius 1 is 1.39 bits per heavy atom. The largest absolute Gasteiger partial charge is 0.376 e. The SMILES string of the molecule is Cc1cc(NC(=O)CNc2ccc(Br)cc2)on1. The second-order valence-corrected chi connectivity index (χ2v) is 4.66. The van der Waals surface area contributed by atoms with Crippen molar-refractivity contribution in [1.82, 2.24) is 5.16 Å². The highest BCUT2D eigenvalue weighted by Gasteiger charge is 2.05. The number of rotatable bonds is 4. The summed E-state index contributed by atoms with van der Waals surface area (Å²) in [6.45, 7) is 1.96. The zero-order valence-corrected chi connectivity index (χ0v) is 11.3. The fourth-order valence-corrected chi connectivity index (χ4v) is 1.62. The average Bonchev–Trinajstić information content (AvgIpc) is 2.74. The lowest BCUT2D eigenvalue weighted by Crippen LogP contribution is -2.21. The van der Waals surface area contributed by atoms with E-state index in [4.69, 9.17) is 4.52 Å². The number of hydrogen-bond acceptors (Lipinski definition) is 4. The van der Waals surface area contributed by atoms with Gasteiger partial charge in [0.05, 0.1) is 12.2 Å². The van der Waals surface area contributed by atoms with E-state index in [1.54, 1.807) is 13.0 Å². The highest BCUT2D eigenvalue weighted by Crippen LogP contribution is 2.14. The molecule has 2 rings (SSSR count). The van der Waals surface area contributed by atoms with E-state index in [9.17, 15) is 4.79 Å². The van der Waals surface area contributed by atoms with Gasteiger partial charge in [0.15, 0.2) is 0 Å². The lowest BCUT2D eigenvalue weighted by molar-refractivity contribution is -0.114. The molecule has 0 saturated heterocycles. The van der Waals surface area contributed by atoms with E-state index in [1.807, 2.05) is 24.3 Å². The minimum Gasteiger partial charge on any atom is -0.376 e. The van der Waals surface area contributed by atoms with Crippen molar-refractivity contribution in [2.24, 2.45) is 0 Å². The Morgan fingerprint density at radius 2 is 2.11 bits per heavy atom. The number of benzene rings is 1. The molecule has 2 aromatic rings. The third kappa shape index (κ3) is 3.59. The van der Waals surface area contributed by atoms with E-state index < -0.39 is 0 Å². The Balaban J connectivity index is 1.83. The number of aromatic nitrogens is 1. The molecule has 0 atom stereocenters. The molecule has 94 valence electrons. The molecule has 0 aliphatic heterocycles. The lowest BCUT2D eigenvalue weighted by atomic mass is 10.3. The maximum absolute atomic E-state index is 11.6. The molecule has 0 aliphatic carbocycles. The van der Waals surface area contributed by atoms with Crippen molar-refractivity contribution in [3.63, 3.8) is 0 Å². The molecule has 1 aromatic carbocycles. The van der Waals surface area contributed by atoms with Gasteiger partial charge in [0.25, 0.3) is 0 Å². The molecule has 5 nitrogen and oxygen atoms in total. The predicted octanol–water partition coefficient (Wildman–Crippen LogP) is 2.80. The fourth-order valence-electron chi connectivity index (χ4n) is 1.35. The zero-order chi connectivity index (χ0) is 13.0. The maximum atomic E-state index is 11.6. The molecule has 1 aromatic heterocycles. The van der Waals surface area contributed by atoms with Crippen LogP contribution in [0.5, 0.6) is 0 Å². The summed E-state index contributed by atoms with van der Waals surface area (Å²) in [4.78, 5) is 11.6. The second-order valence-electron chi connectivity index (χ2n) is 3.74. The van der Waals surface area contributed by atoms with Gasteiger partial charge in [-0.05, 0) is 31.2 Å². The van der Waals surface area contributed by atoms with Crippen molar-refractivity contribution in [1.29, 1.82) is 0 Å². The number of carbonyl (C=O) groups excluding carboxylic acids is 1. The number of halogens is 1. The third-order valence-electron chi connectivity index (χ3n) is 2.19. The number of aryl methyl sites for hydroxylation is 1. The Bertz CT molecular complexity index is 537. The smallest absolute Gasteiger partial charge is 0.246 e. The third-order valence-corrected chi connectivity index (χ3v) is 2.72. The molecular formula is C12H12BrN3O2. The van der Waals surface area contributed by atoms with Crippen molar-refractivity contribution >= 4 is 33.4 Å². The monoisotopic (exact) mass is 309 g/mol. The Morgan fingerprint density at radius 3 is 2.72 bits per heavy atom. The van der Waals surface area contributed by atoms with Crippen LogP contribution in [0.15, 0.2) is 39.3 Å². The predicted molar refractivity (Wildman–Crippen MR) is 72.5 cm³/mol. The van der Waals surface area contributed by atoms with Crippen LogP contribution < -0.4 is 10.6 Å². The normalized spacial score (nSPS) is 10.1. The van der Waals surface area contributed by atoms with Crippen LogP contribution in [0.2, 0.25) is 0 Å². The molecule has 1 amide bonds. The molecule has 0 aliphatic rings. The summed E-state index contributed by atoms with van der Waals surface area (Å²) in [5, 5.41) is 9.29. The van der Waals surface area contributed by atoms with Gasteiger partial charge in [-0.25, -0.2) is 0 Å². The number of carbonyl (C=O) groups is 1. The van der Waals surface area contributed by atoms with Gasteiger partial charge in [0, 0.05) is 16.2 Å². The molecule has 0 spiro atoms. The number of amides is 1. The molecule has 0 unspecified atom stereocenters. The van der Waals surface area contributed by atoms with Crippen LogP contribution in [0.1, 0.15) is 5.69 Å². The summed E-state index contributed by atoms with van der Waals surface area (Å²) < 4.78 is 5.88. The average molecular weight is 310 g/mol. The van der Waals surface area contributed by atoms with Gasteiger partial charge in [-0.15, -0.1) is 0 Å². The van der Waals surface area contributed by atoms with Gasteiger partial charge in [-0.3, -0.25) is 10.1 Å². The Kier molecular flexibility index (Phi) is 3.99. The molecule has 0 bridgehead atoms. The first-order chi connectivity index (χ1) is 8.63. The first-order valence-electron chi connectivity index (χ1n) is 5.36. The summed E-state index contributed by atoms with van der Waals surface area (Å²) in [6.07, 6.45) is 0. The van der Waals surface area contributed by atoms with Crippen LogP contribution in [-0.2, 0) is 4.79 Å². The fraction of sp³-hybridized carbons (Fsp3) is 0.167. The molecule has 2 N–H and O–H groups in total. The van der Waals surface area contributed by atoms with Crippen LogP contribution in [0, 0.1) is 6.92 Å². The summed E-state index contributed by atoms with van der Waals surface area (Å²) in [5.74, 6) is 0.171.